The molecule has 3 rings (SSSR count). The number of likely N-dealkylation sites (N-methyl/N-ethyl adjacent to an activating group) is 1. The van der Waals surface area contributed by atoms with Crippen LogP contribution >= 0.6 is 0 Å². The first kappa shape index (κ1) is 16.3. The third-order valence-electron chi connectivity index (χ3n) is 3.97. The first-order valence-corrected chi connectivity index (χ1v) is 8.30. The van der Waals surface area contributed by atoms with Gasteiger partial charge in [0.25, 0.3) is 0 Å². The normalized spacial score (nSPS) is 11.1. The van der Waals surface area contributed by atoms with E-state index < -0.39 is 0 Å². The van der Waals surface area contributed by atoms with Crippen LogP contribution in [0.4, 0.5) is 11.4 Å². The Labute approximate surface area is 141 Å². The second-order valence-electron chi connectivity index (χ2n) is 5.53. The number of imidazole rings is 1. The molecule has 6 heteroatoms. The van der Waals surface area contributed by atoms with Crippen molar-refractivity contribution in [2.45, 2.75) is 13.8 Å². The largest absolute Gasteiger partial charge is 0.492 e. The number of nitrogens with one attached hydrogen (secondary N) is 2. The molecule has 2 heterocycles. The molecule has 0 spiro atoms. The van der Waals surface area contributed by atoms with Gasteiger partial charge in [-0.25, -0.2) is 9.97 Å². The highest BCUT2D eigenvalue weighted by atomic mass is 16.5. The van der Waals surface area contributed by atoms with Gasteiger partial charge in [-0.15, -0.1) is 0 Å². The van der Waals surface area contributed by atoms with Crippen LogP contribution in [0.15, 0.2) is 42.9 Å². The van der Waals surface area contributed by atoms with Gasteiger partial charge in [0.15, 0.2) is 5.65 Å². The van der Waals surface area contributed by atoms with E-state index in [4.69, 9.17) is 4.74 Å². The van der Waals surface area contributed by atoms with Crippen molar-refractivity contribution in [3.63, 3.8) is 0 Å². The van der Waals surface area contributed by atoms with Gasteiger partial charge in [-0.2, -0.15) is 0 Å². The van der Waals surface area contributed by atoms with E-state index in [0.29, 0.717) is 12.3 Å². The van der Waals surface area contributed by atoms with E-state index in [2.05, 4.69) is 39.0 Å². The van der Waals surface area contributed by atoms with E-state index >= 15 is 0 Å². The van der Waals surface area contributed by atoms with Crippen molar-refractivity contribution in [3.05, 3.63) is 42.9 Å². The second kappa shape index (κ2) is 7.79. The van der Waals surface area contributed by atoms with Crippen LogP contribution < -0.4 is 10.1 Å². The molecule has 126 valence electrons. The maximum Gasteiger partial charge on any atom is 0.177 e. The van der Waals surface area contributed by atoms with E-state index in [1.807, 2.05) is 30.3 Å². The topological polar surface area (TPSA) is 66.1 Å². The number of hydrogen-bond donors (Lipinski definition) is 2. The van der Waals surface area contributed by atoms with Gasteiger partial charge < -0.3 is 19.9 Å². The van der Waals surface area contributed by atoms with Crippen LogP contribution in [0.1, 0.15) is 13.8 Å². The Balaban J connectivity index is 1.62. The molecule has 0 aliphatic rings. The number of aromatic amines is 1. The van der Waals surface area contributed by atoms with Crippen molar-refractivity contribution in [1.82, 2.24) is 19.9 Å². The van der Waals surface area contributed by atoms with E-state index in [9.17, 15) is 0 Å². The van der Waals surface area contributed by atoms with Gasteiger partial charge in [-0.1, -0.05) is 19.9 Å². The summed E-state index contributed by atoms with van der Waals surface area (Å²) in [6.45, 7) is 8.05. The summed E-state index contributed by atoms with van der Waals surface area (Å²) in [6, 6.07) is 9.96. The van der Waals surface area contributed by atoms with Gasteiger partial charge in [0.1, 0.15) is 12.4 Å². The maximum atomic E-state index is 5.86. The summed E-state index contributed by atoms with van der Waals surface area (Å²) in [5, 5.41) is 3.35. The predicted molar refractivity (Wildman–Crippen MR) is 96.9 cm³/mol. The summed E-state index contributed by atoms with van der Waals surface area (Å²) < 4.78 is 5.86. The van der Waals surface area contributed by atoms with Gasteiger partial charge in [0.2, 0.25) is 0 Å². The molecule has 0 atom stereocenters. The number of fused-ring (bicyclic) bond motifs is 1. The molecule has 0 bridgehead atoms. The molecule has 0 unspecified atom stereocenters. The molecule has 2 N–H and O–H groups in total. The van der Waals surface area contributed by atoms with Crippen LogP contribution in [0.3, 0.4) is 0 Å². The number of hydrogen-bond acceptors (Lipinski definition) is 5. The van der Waals surface area contributed by atoms with Crippen LogP contribution in [0.5, 0.6) is 5.75 Å². The number of H-pyrrole nitrogens is 1. The lowest BCUT2D eigenvalue weighted by atomic mass is 10.3. The Morgan fingerprint density at radius 3 is 2.83 bits per heavy atom. The van der Waals surface area contributed by atoms with Crippen LogP contribution in [-0.4, -0.2) is 46.1 Å². The van der Waals surface area contributed by atoms with Gasteiger partial charge in [-0.3, -0.25) is 0 Å². The van der Waals surface area contributed by atoms with Gasteiger partial charge >= 0.3 is 0 Å². The summed E-state index contributed by atoms with van der Waals surface area (Å²) in [7, 11) is 0. The zero-order valence-corrected chi connectivity index (χ0v) is 14.1. The van der Waals surface area contributed by atoms with Crippen LogP contribution in [0.25, 0.3) is 11.2 Å². The molecule has 0 saturated carbocycles. The number of rotatable bonds is 8. The number of anilines is 2. The van der Waals surface area contributed by atoms with E-state index in [0.717, 1.165) is 42.3 Å². The lowest BCUT2D eigenvalue weighted by molar-refractivity contribution is 0.223. The summed E-state index contributed by atoms with van der Waals surface area (Å²) in [6.07, 6.45) is 3.42. The highest BCUT2D eigenvalue weighted by Gasteiger charge is 2.03. The average molecular weight is 325 g/mol. The van der Waals surface area contributed by atoms with Crippen LogP contribution in [0, 0.1) is 0 Å². The Morgan fingerprint density at radius 1 is 1.12 bits per heavy atom. The molecule has 0 fully saturated rings. The fourth-order valence-electron chi connectivity index (χ4n) is 2.56. The molecular weight excluding hydrogens is 302 g/mol. The van der Waals surface area contributed by atoms with Crippen molar-refractivity contribution >= 4 is 22.5 Å². The van der Waals surface area contributed by atoms with Crippen molar-refractivity contribution in [1.29, 1.82) is 0 Å². The van der Waals surface area contributed by atoms with E-state index in [1.54, 1.807) is 12.5 Å². The smallest absolute Gasteiger partial charge is 0.177 e. The van der Waals surface area contributed by atoms with Gasteiger partial charge in [0.05, 0.1) is 23.7 Å². The number of nitrogens with zero attached hydrogens (tertiary/aromatic N) is 3. The predicted octanol–water partition coefficient (Wildman–Crippen LogP) is 3.42. The second-order valence-corrected chi connectivity index (χ2v) is 5.53. The fourth-order valence-corrected chi connectivity index (χ4v) is 2.56. The Bertz CT molecular complexity index is 782. The summed E-state index contributed by atoms with van der Waals surface area (Å²) >= 11 is 0. The van der Waals surface area contributed by atoms with E-state index in [1.165, 1.54) is 0 Å². The lowest BCUT2D eigenvalue weighted by Gasteiger charge is -2.18. The molecule has 0 aliphatic heterocycles. The molecule has 0 amide bonds. The summed E-state index contributed by atoms with van der Waals surface area (Å²) in [5.41, 5.74) is 3.50. The monoisotopic (exact) mass is 325 g/mol. The molecule has 2 aromatic heterocycles. The first-order chi connectivity index (χ1) is 11.8. The molecule has 0 radical (unpaired) electrons. The standard InChI is InChI=1S/C18H23N5O/c1-3-23(4-2)8-9-24-16-7-5-6-14(10-16)22-15-11-17-18(19-12-15)21-13-20-17/h5-7,10-13,22H,3-4,8-9H2,1-2H3,(H,19,20,21). The van der Waals surface area contributed by atoms with Gasteiger partial charge in [-0.05, 0) is 31.3 Å². The number of benzene rings is 1. The molecule has 0 saturated heterocycles. The minimum absolute atomic E-state index is 0.687. The zero-order valence-electron chi connectivity index (χ0n) is 14.1. The number of ether oxygens (including phenoxy) is 1. The summed E-state index contributed by atoms with van der Waals surface area (Å²) in [4.78, 5) is 13.8. The molecule has 0 aliphatic carbocycles. The third-order valence-corrected chi connectivity index (χ3v) is 3.97. The van der Waals surface area contributed by atoms with Crippen LogP contribution in [-0.2, 0) is 0 Å². The van der Waals surface area contributed by atoms with Gasteiger partial charge in [0, 0.05) is 18.3 Å². The van der Waals surface area contributed by atoms with Crippen LogP contribution in [0.2, 0.25) is 0 Å². The third kappa shape index (κ3) is 4.02. The van der Waals surface area contributed by atoms with E-state index in [-0.39, 0.29) is 0 Å². The fraction of sp³-hybridized carbons (Fsp3) is 0.333. The Kier molecular flexibility index (Phi) is 5.28. The highest BCUT2D eigenvalue weighted by Crippen LogP contribution is 2.22. The van der Waals surface area contributed by atoms with Crippen molar-refractivity contribution in [2.75, 3.05) is 31.6 Å². The first-order valence-electron chi connectivity index (χ1n) is 8.30. The Hall–Kier alpha value is -2.60. The lowest BCUT2D eigenvalue weighted by Crippen LogP contribution is -2.27. The Morgan fingerprint density at radius 2 is 2.00 bits per heavy atom. The minimum Gasteiger partial charge on any atom is -0.492 e. The maximum absolute atomic E-state index is 5.86. The molecule has 24 heavy (non-hydrogen) atoms. The molecular formula is C18H23N5O. The quantitative estimate of drug-likeness (QED) is 0.664. The SMILES string of the molecule is CCN(CC)CCOc1cccc(Nc2cnc3nc[nH]c3c2)c1. The number of pyridine rings is 1. The number of aromatic nitrogens is 3. The minimum atomic E-state index is 0.687. The highest BCUT2D eigenvalue weighted by molar-refractivity contribution is 5.76. The van der Waals surface area contributed by atoms with Crippen molar-refractivity contribution in [2.24, 2.45) is 0 Å². The molecule has 3 aromatic rings. The molecule has 6 nitrogen and oxygen atoms in total. The van der Waals surface area contributed by atoms with Crippen molar-refractivity contribution in [3.8, 4) is 5.75 Å². The molecule has 1 aromatic carbocycles. The summed E-state index contributed by atoms with van der Waals surface area (Å²) in [5.74, 6) is 0.864. The van der Waals surface area contributed by atoms with Crippen molar-refractivity contribution < 1.29 is 4.74 Å². The zero-order chi connectivity index (χ0) is 16.8. The average Bonchev–Trinajstić information content (AvgIpc) is 3.07.